The first-order chi connectivity index (χ1) is 5.82. The quantitative estimate of drug-likeness (QED) is 0.790. The summed E-state index contributed by atoms with van der Waals surface area (Å²) in [6, 6.07) is 0. The third kappa shape index (κ3) is 2.19. The minimum atomic E-state index is -0.964. The van der Waals surface area contributed by atoms with Crippen LogP contribution in [-0.2, 0) is 5.41 Å². The van der Waals surface area contributed by atoms with Gasteiger partial charge in [0.25, 0.3) is 0 Å². The van der Waals surface area contributed by atoms with Gasteiger partial charge in [0.2, 0.25) is 0 Å². The lowest BCUT2D eigenvalue weighted by atomic mass is 9.91. The van der Waals surface area contributed by atoms with Crippen molar-refractivity contribution in [2.75, 3.05) is 0 Å². The molecule has 5 heteroatoms. The molecule has 1 aromatic heterocycles. The molecule has 0 aliphatic carbocycles. The van der Waals surface area contributed by atoms with E-state index in [-0.39, 0.29) is 14.8 Å². The fourth-order valence-electron chi connectivity index (χ4n) is 0.947. The third-order valence-electron chi connectivity index (χ3n) is 1.51. The summed E-state index contributed by atoms with van der Waals surface area (Å²) in [6.07, 6.45) is 0. The highest BCUT2D eigenvalue weighted by molar-refractivity contribution is 7.17. The van der Waals surface area contributed by atoms with Gasteiger partial charge in [-0.2, -0.15) is 0 Å². The maximum absolute atomic E-state index is 10.8. The van der Waals surface area contributed by atoms with Crippen molar-refractivity contribution < 1.29 is 9.90 Å². The summed E-state index contributed by atoms with van der Waals surface area (Å²) in [6.45, 7) is 5.72. The minimum Gasteiger partial charge on any atom is -0.477 e. The molecule has 0 aliphatic heterocycles. The van der Waals surface area contributed by atoms with Crippen molar-refractivity contribution in [3.63, 3.8) is 0 Å². The van der Waals surface area contributed by atoms with Crippen LogP contribution < -0.4 is 0 Å². The van der Waals surface area contributed by atoms with Crippen molar-refractivity contribution in [1.29, 1.82) is 0 Å². The molecule has 0 unspecified atom stereocenters. The Morgan fingerprint density at radius 2 is 2.08 bits per heavy atom. The van der Waals surface area contributed by atoms with E-state index in [9.17, 15) is 4.79 Å². The Morgan fingerprint density at radius 3 is 2.38 bits per heavy atom. The Balaban J connectivity index is 3.28. The van der Waals surface area contributed by atoms with E-state index < -0.39 is 5.97 Å². The molecule has 1 aromatic rings. The van der Waals surface area contributed by atoms with E-state index in [0.29, 0.717) is 5.69 Å². The molecule has 0 spiro atoms. The Kier molecular flexibility index (Phi) is 2.63. The number of carboxylic acids is 1. The molecule has 13 heavy (non-hydrogen) atoms. The molecule has 1 rings (SSSR count). The fraction of sp³-hybridized carbons (Fsp3) is 0.500. The molecule has 3 nitrogen and oxygen atoms in total. The zero-order valence-corrected chi connectivity index (χ0v) is 9.16. The zero-order chi connectivity index (χ0) is 10.2. The average Bonchev–Trinajstić information content (AvgIpc) is 2.29. The van der Waals surface area contributed by atoms with Gasteiger partial charge in [0, 0.05) is 5.41 Å². The molecule has 0 amide bonds. The Labute approximate surface area is 85.4 Å². The van der Waals surface area contributed by atoms with Crippen molar-refractivity contribution in [3.05, 3.63) is 15.0 Å². The number of halogens is 1. The van der Waals surface area contributed by atoms with Gasteiger partial charge in [-0.25, -0.2) is 9.78 Å². The van der Waals surface area contributed by atoms with Gasteiger partial charge in [0.15, 0.2) is 4.47 Å². The molecule has 0 aromatic carbocycles. The van der Waals surface area contributed by atoms with Crippen LogP contribution in [0, 0.1) is 0 Å². The molecule has 0 saturated heterocycles. The van der Waals surface area contributed by atoms with Crippen LogP contribution in [0.15, 0.2) is 0 Å². The predicted molar refractivity (Wildman–Crippen MR) is 52.8 cm³/mol. The molecule has 0 aliphatic rings. The Morgan fingerprint density at radius 1 is 1.54 bits per heavy atom. The molecule has 0 fully saturated rings. The van der Waals surface area contributed by atoms with E-state index in [1.165, 1.54) is 0 Å². The Hall–Kier alpha value is -0.610. The number of aromatic carboxylic acids is 1. The summed E-state index contributed by atoms with van der Waals surface area (Å²) in [4.78, 5) is 15.0. The number of carbonyl (C=O) groups is 1. The first-order valence-corrected chi connectivity index (χ1v) is 4.92. The van der Waals surface area contributed by atoms with E-state index in [1.54, 1.807) is 0 Å². The molecular formula is C8H10ClNO2S. The summed E-state index contributed by atoms with van der Waals surface area (Å²) in [7, 11) is 0. The van der Waals surface area contributed by atoms with Gasteiger partial charge in [0.1, 0.15) is 4.88 Å². The van der Waals surface area contributed by atoms with Crippen molar-refractivity contribution >= 4 is 28.9 Å². The number of carboxylic acid groups (broad SMARTS) is 1. The zero-order valence-electron chi connectivity index (χ0n) is 7.59. The van der Waals surface area contributed by atoms with Crippen LogP contribution in [0.1, 0.15) is 36.1 Å². The summed E-state index contributed by atoms with van der Waals surface area (Å²) >= 11 is 6.66. The first kappa shape index (κ1) is 10.5. The number of hydrogen-bond acceptors (Lipinski definition) is 3. The van der Waals surface area contributed by atoms with Gasteiger partial charge in [-0.05, 0) is 0 Å². The molecule has 1 heterocycles. The highest BCUT2D eigenvalue weighted by Gasteiger charge is 2.26. The van der Waals surface area contributed by atoms with Crippen LogP contribution in [0.25, 0.3) is 0 Å². The van der Waals surface area contributed by atoms with Gasteiger partial charge >= 0.3 is 5.97 Å². The normalized spacial score (nSPS) is 11.7. The van der Waals surface area contributed by atoms with Crippen molar-refractivity contribution in [3.8, 4) is 0 Å². The predicted octanol–water partition coefficient (Wildman–Crippen LogP) is 2.79. The highest BCUT2D eigenvalue weighted by atomic mass is 35.5. The third-order valence-corrected chi connectivity index (χ3v) is 2.65. The SMILES string of the molecule is CC(C)(C)c1nc(Cl)sc1C(=O)O. The summed E-state index contributed by atoms with van der Waals surface area (Å²) in [5, 5.41) is 8.85. The summed E-state index contributed by atoms with van der Waals surface area (Å²) in [5.74, 6) is -0.964. The second-order valence-electron chi connectivity index (χ2n) is 3.70. The van der Waals surface area contributed by atoms with E-state index >= 15 is 0 Å². The fourth-order valence-corrected chi connectivity index (χ4v) is 2.10. The maximum atomic E-state index is 10.8. The lowest BCUT2D eigenvalue weighted by molar-refractivity contribution is 0.0699. The minimum absolute atomic E-state index is 0.234. The van der Waals surface area contributed by atoms with E-state index in [4.69, 9.17) is 16.7 Å². The molecular weight excluding hydrogens is 210 g/mol. The van der Waals surface area contributed by atoms with Gasteiger partial charge in [-0.1, -0.05) is 43.7 Å². The smallest absolute Gasteiger partial charge is 0.347 e. The Bertz CT molecular complexity index is 340. The first-order valence-electron chi connectivity index (χ1n) is 3.72. The number of rotatable bonds is 1. The molecule has 0 bridgehead atoms. The topological polar surface area (TPSA) is 50.2 Å². The molecule has 0 atom stereocenters. The van der Waals surface area contributed by atoms with Gasteiger partial charge in [-0.15, -0.1) is 0 Å². The standard InChI is InChI=1S/C8H10ClNO2S/c1-8(2,3)5-4(6(11)12)13-7(9)10-5/h1-3H3,(H,11,12). The van der Waals surface area contributed by atoms with Crippen LogP contribution in [0.3, 0.4) is 0 Å². The summed E-state index contributed by atoms with van der Waals surface area (Å²) < 4.78 is 0.280. The van der Waals surface area contributed by atoms with Crippen molar-refractivity contribution in [2.45, 2.75) is 26.2 Å². The highest BCUT2D eigenvalue weighted by Crippen LogP contribution is 2.31. The van der Waals surface area contributed by atoms with Crippen LogP contribution >= 0.6 is 22.9 Å². The number of thiazole rings is 1. The average molecular weight is 220 g/mol. The van der Waals surface area contributed by atoms with Crippen LogP contribution in [0.4, 0.5) is 0 Å². The molecule has 0 radical (unpaired) electrons. The second kappa shape index (κ2) is 3.27. The number of aromatic nitrogens is 1. The molecule has 1 N–H and O–H groups in total. The summed E-state index contributed by atoms with van der Waals surface area (Å²) in [5.41, 5.74) is 0.271. The van der Waals surface area contributed by atoms with Gasteiger partial charge in [0.05, 0.1) is 5.69 Å². The molecule has 72 valence electrons. The van der Waals surface area contributed by atoms with Crippen LogP contribution in [0.2, 0.25) is 4.47 Å². The maximum Gasteiger partial charge on any atom is 0.347 e. The van der Waals surface area contributed by atoms with Gasteiger partial charge < -0.3 is 5.11 Å². The number of hydrogen-bond donors (Lipinski definition) is 1. The lowest BCUT2D eigenvalue weighted by Gasteiger charge is -2.15. The van der Waals surface area contributed by atoms with Crippen molar-refractivity contribution in [2.24, 2.45) is 0 Å². The van der Waals surface area contributed by atoms with Crippen LogP contribution in [0.5, 0.6) is 0 Å². The van der Waals surface area contributed by atoms with Crippen molar-refractivity contribution in [1.82, 2.24) is 4.98 Å². The van der Waals surface area contributed by atoms with Crippen LogP contribution in [-0.4, -0.2) is 16.1 Å². The largest absolute Gasteiger partial charge is 0.477 e. The van der Waals surface area contributed by atoms with E-state index in [2.05, 4.69) is 4.98 Å². The lowest BCUT2D eigenvalue weighted by Crippen LogP contribution is -2.15. The van der Waals surface area contributed by atoms with E-state index in [0.717, 1.165) is 11.3 Å². The monoisotopic (exact) mass is 219 g/mol. The second-order valence-corrected chi connectivity index (χ2v) is 5.28. The van der Waals surface area contributed by atoms with E-state index in [1.807, 2.05) is 20.8 Å². The molecule has 0 saturated carbocycles. The number of nitrogens with zero attached hydrogens (tertiary/aromatic N) is 1. The van der Waals surface area contributed by atoms with Gasteiger partial charge in [-0.3, -0.25) is 0 Å².